The maximum Gasteiger partial charge on any atom is 0.220 e. The van der Waals surface area contributed by atoms with Gasteiger partial charge in [0.05, 0.1) is 6.04 Å². The summed E-state index contributed by atoms with van der Waals surface area (Å²) in [6.07, 6.45) is 10.4. The van der Waals surface area contributed by atoms with Gasteiger partial charge in [-0.15, -0.1) is 0 Å². The molecule has 28 heavy (non-hydrogen) atoms. The number of hydrogen-bond acceptors (Lipinski definition) is 3. The lowest BCUT2D eigenvalue weighted by Crippen LogP contribution is -2.31. The van der Waals surface area contributed by atoms with Crippen molar-refractivity contribution in [1.82, 2.24) is 15.2 Å². The third-order valence-corrected chi connectivity index (χ3v) is 5.67. The van der Waals surface area contributed by atoms with Crippen molar-refractivity contribution < 1.29 is 4.79 Å². The summed E-state index contributed by atoms with van der Waals surface area (Å²) >= 11 is 0. The summed E-state index contributed by atoms with van der Waals surface area (Å²) < 4.78 is 0. The van der Waals surface area contributed by atoms with Gasteiger partial charge in [0.2, 0.25) is 5.91 Å². The van der Waals surface area contributed by atoms with Crippen LogP contribution >= 0.6 is 0 Å². The third kappa shape index (κ3) is 5.90. The predicted octanol–water partition coefficient (Wildman–Crippen LogP) is 4.56. The summed E-state index contributed by atoms with van der Waals surface area (Å²) in [4.78, 5) is 19.4. The first-order valence-corrected chi connectivity index (χ1v) is 10.6. The van der Waals surface area contributed by atoms with E-state index in [1.54, 1.807) is 12.4 Å². The average Bonchev–Trinajstić information content (AvgIpc) is 2.98. The van der Waals surface area contributed by atoms with E-state index in [1.165, 1.54) is 49.9 Å². The SMILES string of the molecule is Cc1ccc(C)c([C@H](NC(=O)CCCN2CCCCCC2)c2ccncc2)c1. The molecular formula is C24H33N3O. The Bertz CT molecular complexity index is 752. The number of amides is 1. The molecule has 4 nitrogen and oxygen atoms in total. The van der Waals surface area contributed by atoms with Crippen LogP contribution in [0.3, 0.4) is 0 Å². The van der Waals surface area contributed by atoms with Gasteiger partial charge < -0.3 is 10.2 Å². The molecule has 1 aliphatic rings. The van der Waals surface area contributed by atoms with Crippen molar-refractivity contribution in [1.29, 1.82) is 0 Å². The number of carbonyl (C=O) groups excluding carboxylic acids is 1. The Hall–Kier alpha value is -2.20. The quantitative estimate of drug-likeness (QED) is 0.767. The second-order valence-corrected chi connectivity index (χ2v) is 8.00. The van der Waals surface area contributed by atoms with Crippen molar-refractivity contribution in [2.24, 2.45) is 0 Å². The lowest BCUT2D eigenvalue weighted by atomic mass is 9.94. The Morgan fingerprint density at radius 3 is 2.50 bits per heavy atom. The first-order valence-electron chi connectivity index (χ1n) is 10.6. The number of carbonyl (C=O) groups is 1. The minimum Gasteiger partial charge on any atom is -0.345 e. The van der Waals surface area contributed by atoms with E-state index in [4.69, 9.17) is 0 Å². The number of nitrogens with zero attached hydrogens (tertiary/aromatic N) is 2. The molecule has 1 N–H and O–H groups in total. The fraction of sp³-hybridized carbons (Fsp3) is 0.500. The Labute approximate surface area is 169 Å². The molecule has 2 heterocycles. The molecule has 1 saturated heterocycles. The van der Waals surface area contributed by atoms with Crippen molar-refractivity contribution in [3.05, 3.63) is 65.0 Å². The lowest BCUT2D eigenvalue weighted by Gasteiger charge is -2.23. The fourth-order valence-corrected chi connectivity index (χ4v) is 4.02. The van der Waals surface area contributed by atoms with Crippen LogP contribution in [0.1, 0.15) is 66.8 Å². The first kappa shape index (κ1) is 20.5. The average molecular weight is 380 g/mol. The monoisotopic (exact) mass is 379 g/mol. The number of hydrogen-bond donors (Lipinski definition) is 1. The normalized spacial score (nSPS) is 16.4. The minimum absolute atomic E-state index is 0.123. The summed E-state index contributed by atoms with van der Waals surface area (Å²) in [6, 6.07) is 10.3. The van der Waals surface area contributed by atoms with Crippen molar-refractivity contribution >= 4 is 5.91 Å². The van der Waals surface area contributed by atoms with Crippen LogP contribution in [0.25, 0.3) is 0 Å². The number of aryl methyl sites for hydroxylation is 2. The summed E-state index contributed by atoms with van der Waals surface area (Å²) in [5.74, 6) is 0.123. The molecule has 2 aromatic rings. The second kappa shape index (κ2) is 10.4. The number of aromatic nitrogens is 1. The zero-order valence-corrected chi connectivity index (χ0v) is 17.3. The molecule has 0 spiro atoms. The smallest absolute Gasteiger partial charge is 0.220 e. The van der Waals surface area contributed by atoms with Gasteiger partial charge in [-0.1, -0.05) is 36.6 Å². The Morgan fingerprint density at radius 1 is 1.07 bits per heavy atom. The summed E-state index contributed by atoms with van der Waals surface area (Å²) in [6.45, 7) is 7.59. The van der Waals surface area contributed by atoms with E-state index in [2.05, 4.69) is 47.2 Å². The fourth-order valence-electron chi connectivity index (χ4n) is 4.02. The van der Waals surface area contributed by atoms with Crippen LogP contribution in [-0.4, -0.2) is 35.4 Å². The molecule has 4 heteroatoms. The molecule has 0 radical (unpaired) electrons. The number of pyridine rings is 1. The number of nitrogens with one attached hydrogen (secondary N) is 1. The highest BCUT2D eigenvalue weighted by Crippen LogP contribution is 2.26. The molecule has 1 aromatic heterocycles. The third-order valence-electron chi connectivity index (χ3n) is 5.67. The van der Waals surface area contributed by atoms with E-state index in [1.807, 2.05) is 12.1 Å². The largest absolute Gasteiger partial charge is 0.345 e. The Morgan fingerprint density at radius 2 is 1.79 bits per heavy atom. The van der Waals surface area contributed by atoms with Gasteiger partial charge in [0.15, 0.2) is 0 Å². The standard InChI is InChI=1S/C24H33N3O/c1-19-9-10-20(2)22(18-19)24(21-11-13-25-14-12-21)26-23(28)8-7-17-27-15-5-3-4-6-16-27/h9-14,18,24H,3-8,15-17H2,1-2H3,(H,26,28)/t24-/m1/s1. The lowest BCUT2D eigenvalue weighted by molar-refractivity contribution is -0.121. The number of rotatable bonds is 7. The molecule has 1 aromatic carbocycles. The molecule has 0 aliphatic carbocycles. The maximum absolute atomic E-state index is 12.8. The summed E-state index contributed by atoms with van der Waals surface area (Å²) in [7, 11) is 0. The molecule has 3 rings (SSSR count). The molecular weight excluding hydrogens is 346 g/mol. The highest BCUT2D eigenvalue weighted by atomic mass is 16.1. The first-order chi connectivity index (χ1) is 13.6. The van der Waals surface area contributed by atoms with Crippen LogP contribution in [0.4, 0.5) is 0 Å². The Kier molecular flexibility index (Phi) is 7.61. The number of benzene rings is 1. The van der Waals surface area contributed by atoms with Crippen LogP contribution in [0.5, 0.6) is 0 Å². The molecule has 1 atom stereocenters. The van der Waals surface area contributed by atoms with E-state index in [0.717, 1.165) is 24.1 Å². The van der Waals surface area contributed by atoms with E-state index in [0.29, 0.717) is 6.42 Å². The van der Waals surface area contributed by atoms with Crippen molar-refractivity contribution in [3.63, 3.8) is 0 Å². The van der Waals surface area contributed by atoms with E-state index in [-0.39, 0.29) is 11.9 Å². The van der Waals surface area contributed by atoms with Gasteiger partial charge in [-0.25, -0.2) is 0 Å². The Balaban J connectivity index is 1.64. The summed E-state index contributed by atoms with van der Waals surface area (Å²) in [5, 5.41) is 3.28. The zero-order valence-electron chi connectivity index (χ0n) is 17.3. The molecule has 1 aliphatic heterocycles. The maximum atomic E-state index is 12.8. The highest BCUT2D eigenvalue weighted by Gasteiger charge is 2.19. The molecule has 1 amide bonds. The van der Waals surface area contributed by atoms with Gasteiger partial charge in [-0.2, -0.15) is 0 Å². The van der Waals surface area contributed by atoms with Crippen molar-refractivity contribution in [2.75, 3.05) is 19.6 Å². The molecule has 0 bridgehead atoms. The van der Waals surface area contributed by atoms with Gasteiger partial charge in [0, 0.05) is 18.8 Å². The van der Waals surface area contributed by atoms with Crippen LogP contribution in [0.15, 0.2) is 42.7 Å². The molecule has 0 saturated carbocycles. The van der Waals surface area contributed by atoms with Crippen LogP contribution < -0.4 is 5.32 Å². The van der Waals surface area contributed by atoms with Crippen molar-refractivity contribution in [2.45, 2.75) is 58.4 Å². The van der Waals surface area contributed by atoms with Crippen LogP contribution in [0, 0.1) is 13.8 Å². The second-order valence-electron chi connectivity index (χ2n) is 8.00. The molecule has 150 valence electrons. The predicted molar refractivity (Wildman–Crippen MR) is 114 cm³/mol. The van der Waals surface area contributed by atoms with Gasteiger partial charge in [0.1, 0.15) is 0 Å². The molecule has 1 fully saturated rings. The zero-order chi connectivity index (χ0) is 19.8. The number of likely N-dealkylation sites (tertiary alicyclic amines) is 1. The van der Waals surface area contributed by atoms with Gasteiger partial charge in [-0.3, -0.25) is 9.78 Å². The van der Waals surface area contributed by atoms with E-state index >= 15 is 0 Å². The van der Waals surface area contributed by atoms with Crippen LogP contribution in [0.2, 0.25) is 0 Å². The van der Waals surface area contributed by atoms with Gasteiger partial charge in [0.25, 0.3) is 0 Å². The van der Waals surface area contributed by atoms with Gasteiger partial charge in [-0.05, 0) is 81.6 Å². The van der Waals surface area contributed by atoms with E-state index in [9.17, 15) is 4.79 Å². The van der Waals surface area contributed by atoms with Gasteiger partial charge >= 0.3 is 0 Å². The topological polar surface area (TPSA) is 45.2 Å². The highest BCUT2D eigenvalue weighted by molar-refractivity contribution is 5.77. The van der Waals surface area contributed by atoms with E-state index < -0.39 is 0 Å². The van der Waals surface area contributed by atoms with Crippen molar-refractivity contribution in [3.8, 4) is 0 Å². The molecule has 0 unspecified atom stereocenters. The van der Waals surface area contributed by atoms with Crippen LogP contribution in [-0.2, 0) is 4.79 Å². The summed E-state index contributed by atoms with van der Waals surface area (Å²) in [5.41, 5.74) is 4.63. The minimum atomic E-state index is -0.131.